The number of aromatic nitrogens is 2. The average molecular weight is 312 g/mol. The molecule has 0 fully saturated rings. The molecule has 22 heavy (non-hydrogen) atoms. The van der Waals surface area contributed by atoms with Crippen molar-refractivity contribution in [1.29, 1.82) is 0 Å². The Labute approximate surface area is 132 Å². The molecular weight excluding hydrogens is 298 g/mol. The van der Waals surface area contributed by atoms with Gasteiger partial charge in [0.2, 0.25) is 0 Å². The number of halogens is 1. The van der Waals surface area contributed by atoms with E-state index >= 15 is 0 Å². The maximum atomic E-state index is 5.93. The summed E-state index contributed by atoms with van der Waals surface area (Å²) in [5.41, 5.74) is 2.05. The SMILES string of the molecule is ClC1=CCC(c2cnc(Nc3ccc4[nH]ccc4c3)o2)C=C1. The highest BCUT2D eigenvalue weighted by molar-refractivity contribution is 6.31. The van der Waals surface area contributed by atoms with E-state index in [9.17, 15) is 0 Å². The second kappa shape index (κ2) is 5.39. The number of allylic oxidation sites excluding steroid dienone is 4. The lowest BCUT2D eigenvalue weighted by Crippen LogP contribution is -1.95. The van der Waals surface area contributed by atoms with E-state index in [-0.39, 0.29) is 5.92 Å². The Bertz CT molecular complexity index is 875. The van der Waals surface area contributed by atoms with Crippen molar-refractivity contribution >= 4 is 34.2 Å². The van der Waals surface area contributed by atoms with Gasteiger partial charge in [0.25, 0.3) is 6.01 Å². The number of H-pyrrole nitrogens is 1. The Kier molecular flexibility index (Phi) is 3.24. The molecule has 1 atom stereocenters. The van der Waals surface area contributed by atoms with E-state index in [0.717, 1.165) is 33.8 Å². The minimum Gasteiger partial charge on any atom is -0.428 e. The lowest BCUT2D eigenvalue weighted by atomic mass is 9.99. The summed E-state index contributed by atoms with van der Waals surface area (Å²) in [5.74, 6) is 1.03. The van der Waals surface area contributed by atoms with Gasteiger partial charge in [-0.3, -0.25) is 0 Å². The first-order valence-corrected chi connectivity index (χ1v) is 7.49. The molecule has 110 valence electrons. The highest BCUT2D eigenvalue weighted by Gasteiger charge is 2.15. The van der Waals surface area contributed by atoms with Crippen LogP contribution in [0.5, 0.6) is 0 Å². The van der Waals surface area contributed by atoms with Crippen LogP contribution in [0.25, 0.3) is 10.9 Å². The first kappa shape index (κ1) is 13.2. The fourth-order valence-corrected chi connectivity index (χ4v) is 2.74. The Morgan fingerprint density at radius 3 is 3.14 bits per heavy atom. The molecule has 4 rings (SSSR count). The third kappa shape index (κ3) is 2.53. The number of benzene rings is 1. The highest BCUT2D eigenvalue weighted by Crippen LogP contribution is 2.30. The summed E-state index contributed by atoms with van der Waals surface area (Å²) in [6.45, 7) is 0. The second-order valence-corrected chi connectivity index (χ2v) is 5.70. The zero-order chi connectivity index (χ0) is 14.9. The van der Waals surface area contributed by atoms with E-state index in [1.54, 1.807) is 6.20 Å². The van der Waals surface area contributed by atoms with Crippen LogP contribution in [0, 0.1) is 0 Å². The van der Waals surface area contributed by atoms with Crippen LogP contribution < -0.4 is 5.32 Å². The normalized spacial score (nSPS) is 17.7. The van der Waals surface area contributed by atoms with E-state index < -0.39 is 0 Å². The number of hydrogen-bond donors (Lipinski definition) is 2. The molecule has 0 bridgehead atoms. The topological polar surface area (TPSA) is 53.9 Å². The van der Waals surface area contributed by atoms with Crippen molar-refractivity contribution in [2.45, 2.75) is 12.3 Å². The van der Waals surface area contributed by atoms with Crippen molar-refractivity contribution in [2.75, 3.05) is 5.32 Å². The van der Waals surface area contributed by atoms with Crippen LogP contribution in [0.1, 0.15) is 18.1 Å². The fraction of sp³-hybridized carbons (Fsp3) is 0.118. The van der Waals surface area contributed by atoms with Gasteiger partial charge in [-0.1, -0.05) is 23.8 Å². The highest BCUT2D eigenvalue weighted by atomic mass is 35.5. The monoisotopic (exact) mass is 311 g/mol. The van der Waals surface area contributed by atoms with E-state index in [1.165, 1.54) is 0 Å². The molecule has 3 aromatic rings. The predicted molar refractivity (Wildman–Crippen MR) is 88.5 cm³/mol. The Morgan fingerprint density at radius 1 is 1.32 bits per heavy atom. The number of nitrogens with zero attached hydrogens (tertiary/aromatic N) is 1. The molecule has 0 saturated heterocycles. The molecule has 2 aromatic heterocycles. The van der Waals surface area contributed by atoms with Crippen LogP contribution in [0.4, 0.5) is 11.7 Å². The summed E-state index contributed by atoms with van der Waals surface area (Å²) in [7, 11) is 0. The molecule has 1 aromatic carbocycles. The number of fused-ring (bicyclic) bond motifs is 1. The number of oxazole rings is 1. The Hall–Kier alpha value is -2.46. The van der Waals surface area contributed by atoms with Crippen LogP contribution >= 0.6 is 11.6 Å². The standard InChI is InChI=1S/C17H14ClN3O/c18-13-3-1-11(2-4-13)16-10-20-17(22-16)21-14-5-6-15-12(9-14)7-8-19-15/h1,3-11,19H,2H2,(H,20,21). The number of rotatable bonds is 3. The van der Waals surface area contributed by atoms with Crippen molar-refractivity contribution in [3.8, 4) is 0 Å². The van der Waals surface area contributed by atoms with E-state index in [4.69, 9.17) is 16.0 Å². The Morgan fingerprint density at radius 2 is 2.27 bits per heavy atom. The number of aromatic amines is 1. The number of anilines is 2. The number of nitrogens with one attached hydrogen (secondary N) is 2. The van der Waals surface area contributed by atoms with Crippen molar-refractivity contribution in [3.05, 3.63) is 65.7 Å². The zero-order valence-corrected chi connectivity index (χ0v) is 12.5. The first-order valence-electron chi connectivity index (χ1n) is 7.12. The molecule has 2 heterocycles. The summed E-state index contributed by atoms with van der Waals surface area (Å²) in [5, 5.41) is 5.11. The van der Waals surface area contributed by atoms with Gasteiger partial charge in [0.05, 0.1) is 6.20 Å². The van der Waals surface area contributed by atoms with Crippen molar-refractivity contribution in [1.82, 2.24) is 9.97 Å². The second-order valence-electron chi connectivity index (χ2n) is 5.26. The molecule has 4 nitrogen and oxygen atoms in total. The predicted octanol–water partition coefficient (Wildman–Crippen LogP) is 5.07. The van der Waals surface area contributed by atoms with Crippen LogP contribution in [0.3, 0.4) is 0 Å². The van der Waals surface area contributed by atoms with Gasteiger partial charge in [-0.2, -0.15) is 0 Å². The average Bonchev–Trinajstić information content (AvgIpc) is 3.17. The minimum atomic E-state index is 0.192. The van der Waals surface area contributed by atoms with Gasteiger partial charge < -0.3 is 14.7 Å². The van der Waals surface area contributed by atoms with Crippen molar-refractivity contribution < 1.29 is 4.42 Å². The van der Waals surface area contributed by atoms with E-state index in [1.807, 2.05) is 42.6 Å². The largest absolute Gasteiger partial charge is 0.428 e. The van der Waals surface area contributed by atoms with Crippen LogP contribution in [0.2, 0.25) is 0 Å². The third-order valence-electron chi connectivity index (χ3n) is 3.75. The molecule has 2 N–H and O–H groups in total. The van der Waals surface area contributed by atoms with E-state index in [2.05, 4.69) is 21.4 Å². The maximum absolute atomic E-state index is 5.93. The molecule has 0 aliphatic heterocycles. The van der Waals surface area contributed by atoms with Gasteiger partial charge >= 0.3 is 0 Å². The van der Waals surface area contributed by atoms with Gasteiger partial charge in [-0.25, -0.2) is 4.98 Å². The van der Waals surface area contributed by atoms with Crippen molar-refractivity contribution in [3.63, 3.8) is 0 Å². The molecule has 1 aliphatic rings. The molecule has 0 saturated carbocycles. The van der Waals surface area contributed by atoms with Gasteiger partial charge in [0.15, 0.2) is 0 Å². The molecule has 0 spiro atoms. The molecule has 1 unspecified atom stereocenters. The van der Waals surface area contributed by atoms with E-state index in [0.29, 0.717) is 6.01 Å². The Balaban J connectivity index is 1.53. The lowest BCUT2D eigenvalue weighted by molar-refractivity contribution is 0.500. The van der Waals surface area contributed by atoms with Gasteiger partial charge in [0, 0.05) is 33.7 Å². The quantitative estimate of drug-likeness (QED) is 0.710. The fourth-order valence-electron chi connectivity index (χ4n) is 2.58. The smallest absolute Gasteiger partial charge is 0.299 e. The van der Waals surface area contributed by atoms with Crippen LogP contribution in [0.15, 0.2) is 64.3 Å². The van der Waals surface area contributed by atoms with Crippen LogP contribution in [-0.2, 0) is 0 Å². The third-order valence-corrected chi connectivity index (χ3v) is 4.03. The maximum Gasteiger partial charge on any atom is 0.299 e. The minimum absolute atomic E-state index is 0.192. The molecular formula is C17H14ClN3O. The zero-order valence-electron chi connectivity index (χ0n) is 11.7. The molecule has 0 amide bonds. The lowest BCUT2D eigenvalue weighted by Gasteiger charge is -2.10. The summed E-state index contributed by atoms with van der Waals surface area (Å²) in [6.07, 6.45) is 10.4. The van der Waals surface area contributed by atoms with Crippen LogP contribution in [-0.4, -0.2) is 9.97 Å². The summed E-state index contributed by atoms with van der Waals surface area (Å²) in [4.78, 5) is 7.47. The van der Waals surface area contributed by atoms with Gasteiger partial charge in [-0.05, 0) is 36.8 Å². The molecule has 0 radical (unpaired) electrons. The van der Waals surface area contributed by atoms with Gasteiger partial charge in [-0.15, -0.1) is 0 Å². The van der Waals surface area contributed by atoms with Gasteiger partial charge in [0.1, 0.15) is 5.76 Å². The molecule has 5 heteroatoms. The summed E-state index contributed by atoms with van der Waals surface area (Å²) >= 11 is 5.93. The molecule has 1 aliphatic carbocycles. The van der Waals surface area contributed by atoms with Crippen molar-refractivity contribution in [2.24, 2.45) is 0 Å². The number of hydrogen-bond acceptors (Lipinski definition) is 3. The summed E-state index contributed by atoms with van der Waals surface area (Å²) < 4.78 is 5.80. The summed E-state index contributed by atoms with van der Waals surface area (Å²) in [6, 6.07) is 8.60. The first-order chi connectivity index (χ1) is 10.8.